The molecule has 2 aliphatic rings. The predicted octanol–water partition coefficient (Wildman–Crippen LogP) is 3.87. The molecule has 2 amide bonds. The Morgan fingerprint density at radius 3 is 2.68 bits per heavy atom. The van der Waals surface area contributed by atoms with Crippen LogP contribution in [-0.4, -0.2) is 52.4 Å². The van der Waals surface area contributed by atoms with Crippen LogP contribution in [-0.2, 0) is 4.74 Å². The molecule has 160 valence electrons. The molecule has 0 saturated carbocycles. The second kappa shape index (κ2) is 8.11. The summed E-state index contributed by atoms with van der Waals surface area (Å²) < 4.78 is 11.7. The number of benzene rings is 1. The van der Waals surface area contributed by atoms with Crippen molar-refractivity contribution in [3.8, 4) is 11.5 Å². The van der Waals surface area contributed by atoms with Crippen LogP contribution in [0.3, 0.4) is 0 Å². The Morgan fingerprint density at radius 2 is 1.90 bits per heavy atom. The minimum atomic E-state index is -0.122. The second-order valence-corrected chi connectivity index (χ2v) is 8.33. The van der Waals surface area contributed by atoms with Crippen molar-refractivity contribution in [2.75, 3.05) is 31.6 Å². The first-order chi connectivity index (χ1) is 15.1. The molecule has 2 aromatic heterocycles. The van der Waals surface area contributed by atoms with Gasteiger partial charge in [-0.15, -0.1) is 10.2 Å². The van der Waals surface area contributed by atoms with Gasteiger partial charge in [0.25, 0.3) is 0 Å². The standard InChI is InChI=1S/C23H25N5O3/c1-16-4-2-3-5-19(16)25-22(29)28-14-18(23(15-28)8-12-30-13-9-23)21-27-26-20(31-21)17-6-10-24-11-7-17/h2-7,10-11,18H,8-9,12-15H2,1H3,(H,25,29). The third kappa shape index (κ3) is 3.79. The van der Waals surface area contributed by atoms with Crippen molar-refractivity contribution in [3.05, 3.63) is 60.2 Å². The number of nitrogens with one attached hydrogen (secondary N) is 1. The summed E-state index contributed by atoms with van der Waals surface area (Å²) in [6.07, 6.45) is 5.12. The van der Waals surface area contributed by atoms with E-state index in [-0.39, 0.29) is 17.4 Å². The summed E-state index contributed by atoms with van der Waals surface area (Å²) in [6.45, 7) is 4.52. The maximum absolute atomic E-state index is 13.1. The second-order valence-electron chi connectivity index (χ2n) is 8.33. The van der Waals surface area contributed by atoms with Crippen molar-refractivity contribution in [1.29, 1.82) is 0 Å². The highest BCUT2D eigenvalue weighted by Crippen LogP contribution is 2.49. The van der Waals surface area contributed by atoms with Gasteiger partial charge in [-0.1, -0.05) is 18.2 Å². The molecular weight excluding hydrogens is 394 g/mol. The number of rotatable bonds is 3. The lowest BCUT2D eigenvalue weighted by Crippen LogP contribution is -2.38. The van der Waals surface area contributed by atoms with Crippen LogP contribution in [0.15, 0.2) is 53.2 Å². The average molecular weight is 419 g/mol. The molecule has 1 N–H and O–H groups in total. The van der Waals surface area contributed by atoms with Gasteiger partial charge in [-0.2, -0.15) is 0 Å². The fourth-order valence-corrected chi connectivity index (χ4v) is 4.64. The molecule has 31 heavy (non-hydrogen) atoms. The van der Waals surface area contributed by atoms with Gasteiger partial charge in [-0.25, -0.2) is 4.79 Å². The molecule has 8 nitrogen and oxygen atoms in total. The lowest BCUT2D eigenvalue weighted by atomic mass is 9.72. The third-order valence-corrected chi connectivity index (χ3v) is 6.48. The lowest BCUT2D eigenvalue weighted by molar-refractivity contribution is 0.0104. The number of carbonyl (C=O) groups is 1. The normalized spacial score (nSPS) is 20.2. The Morgan fingerprint density at radius 1 is 1.13 bits per heavy atom. The largest absolute Gasteiger partial charge is 0.420 e. The summed E-state index contributed by atoms with van der Waals surface area (Å²) in [4.78, 5) is 19.0. The van der Waals surface area contributed by atoms with E-state index in [1.807, 2.05) is 48.2 Å². The fraction of sp³-hybridized carbons (Fsp3) is 0.391. The Hall–Kier alpha value is -3.26. The van der Waals surface area contributed by atoms with E-state index in [1.165, 1.54) is 0 Å². The molecule has 0 radical (unpaired) electrons. The molecule has 1 aromatic carbocycles. The van der Waals surface area contributed by atoms with Gasteiger partial charge in [0.05, 0.1) is 5.92 Å². The number of carbonyl (C=O) groups excluding carboxylic acids is 1. The average Bonchev–Trinajstić information content (AvgIpc) is 3.42. The molecule has 0 aliphatic carbocycles. The smallest absolute Gasteiger partial charge is 0.321 e. The van der Waals surface area contributed by atoms with Gasteiger partial charge < -0.3 is 19.4 Å². The minimum Gasteiger partial charge on any atom is -0.420 e. The van der Waals surface area contributed by atoms with Crippen LogP contribution >= 0.6 is 0 Å². The van der Waals surface area contributed by atoms with Crippen LogP contribution in [0.5, 0.6) is 0 Å². The quantitative estimate of drug-likeness (QED) is 0.693. The van der Waals surface area contributed by atoms with Gasteiger partial charge >= 0.3 is 6.03 Å². The van der Waals surface area contributed by atoms with Crippen molar-refractivity contribution in [1.82, 2.24) is 20.1 Å². The number of hydrogen-bond donors (Lipinski definition) is 1. The number of urea groups is 1. The van der Waals surface area contributed by atoms with Gasteiger partial charge in [0, 0.05) is 55.4 Å². The molecular formula is C23H25N5O3. The first kappa shape index (κ1) is 19.7. The molecule has 1 unspecified atom stereocenters. The van der Waals surface area contributed by atoms with E-state index in [0.29, 0.717) is 38.1 Å². The lowest BCUT2D eigenvalue weighted by Gasteiger charge is -2.36. The number of pyridine rings is 1. The monoisotopic (exact) mass is 419 g/mol. The Bertz CT molecular complexity index is 1060. The summed E-state index contributed by atoms with van der Waals surface area (Å²) >= 11 is 0. The van der Waals surface area contributed by atoms with Gasteiger partial charge in [-0.05, 0) is 43.5 Å². The van der Waals surface area contributed by atoms with E-state index in [2.05, 4.69) is 20.5 Å². The summed E-state index contributed by atoms with van der Waals surface area (Å²) in [7, 11) is 0. The van der Waals surface area contributed by atoms with Crippen LogP contribution in [0, 0.1) is 12.3 Å². The maximum Gasteiger partial charge on any atom is 0.321 e. The van der Waals surface area contributed by atoms with Gasteiger partial charge in [0.1, 0.15) is 0 Å². The topological polar surface area (TPSA) is 93.4 Å². The van der Waals surface area contributed by atoms with Crippen LogP contribution in [0.1, 0.15) is 30.2 Å². The van der Waals surface area contributed by atoms with E-state index in [9.17, 15) is 4.79 Å². The molecule has 1 atom stereocenters. The number of likely N-dealkylation sites (tertiary alicyclic amines) is 1. The number of amides is 2. The first-order valence-electron chi connectivity index (χ1n) is 10.6. The molecule has 1 spiro atoms. The number of ether oxygens (including phenoxy) is 1. The number of aromatic nitrogens is 3. The van der Waals surface area contributed by atoms with E-state index < -0.39 is 0 Å². The Labute approximate surface area is 180 Å². The number of hydrogen-bond acceptors (Lipinski definition) is 6. The maximum atomic E-state index is 13.1. The van der Waals surface area contributed by atoms with Gasteiger partial charge in [0.15, 0.2) is 0 Å². The van der Waals surface area contributed by atoms with Crippen molar-refractivity contribution < 1.29 is 13.9 Å². The van der Waals surface area contributed by atoms with Crippen molar-refractivity contribution in [3.63, 3.8) is 0 Å². The molecule has 8 heteroatoms. The molecule has 3 aromatic rings. The molecule has 4 heterocycles. The van der Waals surface area contributed by atoms with Gasteiger partial charge in [-0.3, -0.25) is 4.98 Å². The Kier molecular flexibility index (Phi) is 5.15. The molecule has 0 bridgehead atoms. The summed E-state index contributed by atoms with van der Waals surface area (Å²) in [5.41, 5.74) is 2.58. The van der Waals surface area contributed by atoms with Crippen molar-refractivity contribution in [2.24, 2.45) is 5.41 Å². The van der Waals surface area contributed by atoms with Gasteiger partial charge in [0.2, 0.25) is 11.8 Å². The SMILES string of the molecule is Cc1ccccc1NC(=O)N1CC(c2nnc(-c3ccncc3)o2)C2(CCOCC2)C1. The van der Waals surface area contributed by atoms with Crippen LogP contribution in [0.4, 0.5) is 10.5 Å². The zero-order valence-corrected chi connectivity index (χ0v) is 17.5. The molecule has 5 rings (SSSR count). The first-order valence-corrected chi connectivity index (χ1v) is 10.6. The highest BCUT2D eigenvalue weighted by Gasteiger charge is 2.51. The number of anilines is 1. The number of para-hydroxylation sites is 1. The Balaban J connectivity index is 1.40. The summed E-state index contributed by atoms with van der Waals surface area (Å²) in [5, 5.41) is 11.7. The predicted molar refractivity (Wildman–Crippen MR) is 115 cm³/mol. The molecule has 2 aliphatic heterocycles. The zero-order valence-electron chi connectivity index (χ0n) is 17.5. The van der Waals surface area contributed by atoms with Crippen molar-refractivity contribution in [2.45, 2.75) is 25.7 Å². The minimum absolute atomic E-state index is 0.0258. The highest BCUT2D eigenvalue weighted by molar-refractivity contribution is 5.90. The summed E-state index contributed by atoms with van der Waals surface area (Å²) in [6, 6.07) is 11.4. The van der Waals surface area contributed by atoms with E-state index in [1.54, 1.807) is 12.4 Å². The molecule has 2 fully saturated rings. The number of aryl methyl sites for hydroxylation is 1. The number of nitrogens with zero attached hydrogens (tertiary/aromatic N) is 4. The van der Waals surface area contributed by atoms with E-state index >= 15 is 0 Å². The zero-order chi connectivity index (χ0) is 21.3. The van der Waals surface area contributed by atoms with E-state index in [0.717, 1.165) is 29.7 Å². The van der Waals surface area contributed by atoms with Crippen LogP contribution in [0.2, 0.25) is 0 Å². The molecule has 2 saturated heterocycles. The summed E-state index contributed by atoms with van der Waals surface area (Å²) in [5.74, 6) is 1.03. The van der Waals surface area contributed by atoms with Crippen LogP contribution < -0.4 is 5.32 Å². The highest BCUT2D eigenvalue weighted by atomic mass is 16.5. The third-order valence-electron chi connectivity index (χ3n) is 6.48. The van der Waals surface area contributed by atoms with Crippen LogP contribution in [0.25, 0.3) is 11.5 Å². The fourth-order valence-electron chi connectivity index (χ4n) is 4.64. The van der Waals surface area contributed by atoms with Crippen molar-refractivity contribution >= 4 is 11.7 Å². The van der Waals surface area contributed by atoms with E-state index in [4.69, 9.17) is 9.15 Å².